The summed E-state index contributed by atoms with van der Waals surface area (Å²) in [5.41, 5.74) is 0.874. The third kappa shape index (κ3) is 8.07. The van der Waals surface area contributed by atoms with Crippen LogP contribution in [-0.2, 0) is 29.2 Å². The molecule has 0 atom stereocenters. The van der Waals surface area contributed by atoms with Crippen molar-refractivity contribution in [3.05, 3.63) is 48.5 Å². The summed E-state index contributed by atoms with van der Waals surface area (Å²) in [7, 11) is -3.94. The van der Waals surface area contributed by atoms with E-state index in [1.54, 1.807) is 0 Å². The highest BCUT2D eigenvalue weighted by Crippen LogP contribution is 2.20. The van der Waals surface area contributed by atoms with E-state index in [9.17, 15) is 37.8 Å². The lowest BCUT2D eigenvalue weighted by Crippen LogP contribution is -2.24. The highest BCUT2D eigenvalue weighted by molar-refractivity contribution is 7.92. The molecule has 12 heteroatoms. The summed E-state index contributed by atoms with van der Waals surface area (Å²) >= 11 is 0. The van der Waals surface area contributed by atoms with Gasteiger partial charge in [0.05, 0.1) is 4.90 Å². The molecule has 0 aliphatic rings. The fourth-order valence-corrected chi connectivity index (χ4v) is 3.49. The number of sulfonamides is 1. The summed E-state index contributed by atoms with van der Waals surface area (Å²) in [5, 5.41) is 25.7. The SMILES string of the molecule is O=C([O-])CCC(=O)Nc1ccc(NS(=O)(=O)c2ccc(NC(=O)CCC(=O)[O-])cc2)cc1. The molecule has 0 unspecified atom stereocenters. The van der Waals surface area contributed by atoms with Gasteiger partial charge in [-0.1, -0.05) is 0 Å². The smallest absolute Gasteiger partial charge is 0.261 e. The lowest BCUT2D eigenvalue weighted by Gasteiger charge is -2.11. The molecule has 0 spiro atoms. The molecule has 170 valence electrons. The van der Waals surface area contributed by atoms with Gasteiger partial charge in [0.25, 0.3) is 10.0 Å². The summed E-state index contributed by atoms with van der Waals surface area (Å²) in [6.07, 6.45) is -1.35. The Kier molecular flexibility index (Phi) is 8.30. The Morgan fingerprint density at radius 1 is 0.625 bits per heavy atom. The zero-order valence-corrected chi connectivity index (χ0v) is 17.4. The van der Waals surface area contributed by atoms with Gasteiger partial charge in [0.15, 0.2) is 0 Å². The van der Waals surface area contributed by atoms with E-state index in [0.717, 1.165) is 0 Å². The molecule has 3 N–H and O–H groups in total. The summed E-state index contributed by atoms with van der Waals surface area (Å²) in [6, 6.07) is 11.0. The molecule has 0 aliphatic heterocycles. The molecule has 2 aromatic rings. The van der Waals surface area contributed by atoms with E-state index in [4.69, 9.17) is 0 Å². The quantitative estimate of drug-likeness (QED) is 0.397. The Bertz CT molecular complexity index is 1100. The first-order valence-electron chi connectivity index (χ1n) is 9.27. The number of hydrogen-bond acceptors (Lipinski definition) is 8. The molecule has 0 heterocycles. The number of rotatable bonds is 11. The predicted octanol–water partition coefficient (Wildman–Crippen LogP) is -0.575. The van der Waals surface area contributed by atoms with Gasteiger partial charge in [0.2, 0.25) is 11.8 Å². The lowest BCUT2D eigenvalue weighted by atomic mass is 10.2. The van der Waals surface area contributed by atoms with Crippen LogP contribution in [0.4, 0.5) is 17.1 Å². The largest absolute Gasteiger partial charge is 0.550 e. The number of carboxylic acid groups (broad SMARTS) is 2. The number of carbonyl (C=O) groups is 4. The zero-order chi connectivity index (χ0) is 23.7. The number of aliphatic carboxylic acids is 2. The van der Waals surface area contributed by atoms with Crippen LogP contribution in [0.2, 0.25) is 0 Å². The van der Waals surface area contributed by atoms with Gasteiger partial charge in [-0.05, 0) is 61.4 Å². The van der Waals surface area contributed by atoms with Crippen molar-refractivity contribution in [2.75, 3.05) is 15.4 Å². The summed E-state index contributed by atoms with van der Waals surface area (Å²) in [4.78, 5) is 43.9. The number of benzene rings is 2. The molecule has 32 heavy (non-hydrogen) atoms. The molecular weight excluding hydrogens is 442 g/mol. The van der Waals surface area contributed by atoms with Crippen LogP contribution >= 0.6 is 0 Å². The maximum Gasteiger partial charge on any atom is 0.261 e. The highest BCUT2D eigenvalue weighted by Gasteiger charge is 2.14. The van der Waals surface area contributed by atoms with E-state index in [2.05, 4.69) is 15.4 Å². The first kappa shape index (κ1) is 24.3. The molecule has 2 amide bonds. The van der Waals surface area contributed by atoms with E-state index in [-0.39, 0.29) is 23.4 Å². The Labute approximate surface area is 183 Å². The van der Waals surface area contributed by atoms with Gasteiger partial charge in [-0.25, -0.2) is 8.42 Å². The van der Waals surface area contributed by atoms with Crippen molar-refractivity contribution in [2.24, 2.45) is 0 Å². The Morgan fingerprint density at radius 3 is 1.41 bits per heavy atom. The fourth-order valence-electron chi connectivity index (χ4n) is 2.43. The van der Waals surface area contributed by atoms with Crippen LogP contribution in [0.5, 0.6) is 0 Å². The topological polar surface area (TPSA) is 185 Å². The van der Waals surface area contributed by atoms with Crippen molar-refractivity contribution in [3.63, 3.8) is 0 Å². The maximum atomic E-state index is 12.5. The summed E-state index contributed by atoms with van der Waals surface area (Å²) in [5.74, 6) is -3.75. The molecule has 0 bridgehead atoms. The van der Waals surface area contributed by atoms with Crippen LogP contribution in [0.25, 0.3) is 0 Å². The maximum absolute atomic E-state index is 12.5. The molecule has 0 saturated carbocycles. The fraction of sp³-hybridized carbons (Fsp3) is 0.200. The highest BCUT2D eigenvalue weighted by atomic mass is 32.2. The van der Waals surface area contributed by atoms with Crippen LogP contribution < -0.4 is 25.6 Å². The second-order valence-electron chi connectivity index (χ2n) is 6.55. The van der Waals surface area contributed by atoms with Crippen molar-refractivity contribution in [1.29, 1.82) is 0 Å². The third-order valence-electron chi connectivity index (χ3n) is 3.98. The molecule has 11 nitrogen and oxygen atoms in total. The van der Waals surface area contributed by atoms with Gasteiger partial charge in [-0.2, -0.15) is 0 Å². The van der Waals surface area contributed by atoms with Gasteiger partial charge >= 0.3 is 0 Å². The van der Waals surface area contributed by atoms with E-state index in [1.807, 2.05) is 0 Å². The number of anilines is 3. The zero-order valence-electron chi connectivity index (χ0n) is 16.6. The lowest BCUT2D eigenvalue weighted by molar-refractivity contribution is -0.307. The van der Waals surface area contributed by atoms with Crippen LogP contribution in [0.3, 0.4) is 0 Å². The second kappa shape index (κ2) is 10.9. The molecular formula is C20H19N3O8S-2. The van der Waals surface area contributed by atoms with Crippen molar-refractivity contribution < 1.29 is 37.8 Å². The average Bonchev–Trinajstić information content (AvgIpc) is 2.72. The minimum atomic E-state index is -3.94. The Morgan fingerprint density at radius 2 is 1.00 bits per heavy atom. The molecule has 0 fully saturated rings. The monoisotopic (exact) mass is 461 g/mol. The third-order valence-corrected chi connectivity index (χ3v) is 5.38. The van der Waals surface area contributed by atoms with Gasteiger partial charge in [-0.15, -0.1) is 0 Å². The normalized spacial score (nSPS) is 10.8. The number of nitrogens with one attached hydrogen (secondary N) is 3. The minimum absolute atomic E-state index is 0.0788. The van der Waals surface area contributed by atoms with Gasteiger partial charge in [-0.3, -0.25) is 14.3 Å². The van der Waals surface area contributed by atoms with Crippen LogP contribution in [0.1, 0.15) is 25.7 Å². The first-order chi connectivity index (χ1) is 15.0. The van der Waals surface area contributed by atoms with E-state index >= 15 is 0 Å². The predicted molar refractivity (Wildman–Crippen MR) is 109 cm³/mol. The number of carboxylic acids is 2. The molecule has 2 rings (SSSR count). The Hall–Kier alpha value is -3.93. The van der Waals surface area contributed by atoms with Crippen molar-refractivity contribution in [3.8, 4) is 0 Å². The molecule has 0 radical (unpaired) electrons. The molecule has 2 aromatic carbocycles. The van der Waals surface area contributed by atoms with Crippen LogP contribution in [0, 0.1) is 0 Å². The van der Waals surface area contributed by atoms with Crippen LogP contribution in [0.15, 0.2) is 53.4 Å². The second-order valence-corrected chi connectivity index (χ2v) is 8.23. The van der Waals surface area contributed by atoms with E-state index < -0.39 is 46.6 Å². The number of hydrogen-bond donors (Lipinski definition) is 3. The van der Waals surface area contributed by atoms with Crippen molar-refractivity contribution >= 4 is 50.8 Å². The summed E-state index contributed by atoms with van der Waals surface area (Å²) < 4.78 is 27.4. The Balaban J connectivity index is 1.96. The molecule has 0 aromatic heterocycles. The summed E-state index contributed by atoms with van der Waals surface area (Å²) in [6.45, 7) is 0. The molecule has 0 aliphatic carbocycles. The molecule has 0 saturated heterocycles. The minimum Gasteiger partial charge on any atom is -0.550 e. The standard InChI is InChI=1S/C20H21N3O8S/c24-17(9-11-19(26)27)21-13-1-3-15(4-2-13)23-32(30,31)16-7-5-14(6-8-16)22-18(25)10-12-20(28)29/h1-8,23H,9-12H2,(H,21,24)(H,22,25)(H,26,27)(H,28,29)/p-2. The van der Waals surface area contributed by atoms with Gasteiger partial charge < -0.3 is 30.4 Å². The van der Waals surface area contributed by atoms with Crippen molar-refractivity contribution in [2.45, 2.75) is 30.6 Å². The average molecular weight is 461 g/mol. The van der Waals surface area contributed by atoms with E-state index in [1.165, 1.54) is 48.5 Å². The number of amides is 2. The number of carbonyl (C=O) groups excluding carboxylic acids is 4. The first-order valence-corrected chi connectivity index (χ1v) is 10.8. The van der Waals surface area contributed by atoms with Crippen LogP contribution in [-0.4, -0.2) is 32.2 Å². The van der Waals surface area contributed by atoms with Gasteiger partial charge in [0, 0.05) is 41.8 Å². The van der Waals surface area contributed by atoms with Gasteiger partial charge in [0.1, 0.15) is 0 Å². The van der Waals surface area contributed by atoms with Crippen molar-refractivity contribution in [1.82, 2.24) is 0 Å². The van der Waals surface area contributed by atoms with E-state index in [0.29, 0.717) is 11.4 Å².